The summed E-state index contributed by atoms with van der Waals surface area (Å²) in [5.74, 6) is 1.10. The van der Waals surface area contributed by atoms with Crippen LogP contribution in [0.3, 0.4) is 0 Å². The Kier molecular flexibility index (Phi) is 5.30. The van der Waals surface area contributed by atoms with E-state index < -0.39 is 0 Å². The molecule has 1 N–H and O–H groups in total. The summed E-state index contributed by atoms with van der Waals surface area (Å²) in [6.07, 6.45) is 1.71. The van der Waals surface area contributed by atoms with Crippen molar-refractivity contribution in [1.29, 1.82) is 0 Å². The van der Waals surface area contributed by atoms with Gasteiger partial charge in [0.2, 0.25) is 5.91 Å². The SMILES string of the molecule is CCCN(CCCl)c1ccc(C)c(C2CNC(=O)C2)c1. The molecule has 0 aliphatic carbocycles. The van der Waals surface area contributed by atoms with E-state index >= 15 is 0 Å². The second-order valence-electron chi connectivity index (χ2n) is 5.42. The lowest BCUT2D eigenvalue weighted by atomic mass is 9.93. The van der Waals surface area contributed by atoms with Crippen molar-refractivity contribution in [2.75, 3.05) is 30.4 Å². The molecule has 1 unspecified atom stereocenters. The summed E-state index contributed by atoms with van der Waals surface area (Å²) in [5.41, 5.74) is 3.77. The molecular formula is C16H23ClN2O. The second-order valence-corrected chi connectivity index (χ2v) is 5.80. The van der Waals surface area contributed by atoms with Gasteiger partial charge in [-0.05, 0) is 36.6 Å². The van der Waals surface area contributed by atoms with Crippen LogP contribution >= 0.6 is 11.6 Å². The van der Waals surface area contributed by atoms with Gasteiger partial charge in [-0.1, -0.05) is 13.0 Å². The normalized spacial score (nSPS) is 18.1. The fourth-order valence-electron chi connectivity index (χ4n) is 2.83. The van der Waals surface area contributed by atoms with E-state index in [9.17, 15) is 4.79 Å². The molecule has 1 amide bonds. The molecule has 0 aromatic heterocycles. The van der Waals surface area contributed by atoms with Crippen molar-refractivity contribution in [3.05, 3.63) is 29.3 Å². The first-order valence-electron chi connectivity index (χ1n) is 7.33. The number of carbonyl (C=O) groups excluding carboxylic acids is 1. The fourth-order valence-corrected chi connectivity index (χ4v) is 3.04. The van der Waals surface area contributed by atoms with Crippen LogP contribution in [0.15, 0.2) is 18.2 Å². The Labute approximate surface area is 126 Å². The van der Waals surface area contributed by atoms with Gasteiger partial charge in [0.25, 0.3) is 0 Å². The Bertz CT molecular complexity index is 470. The third-order valence-electron chi connectivity index (χ3n) is 3.89. The average Bonchev–Trinajstić information content (AvgIpc) is 2.86. The highest BCUT2D eigenvalue weighted by Crippen LogP contribution is 2.29. The van der Waals surface area contributed by atoms with Crippen molar-refractivity contribution in [3.8, 4) is 0 Å². The highest BCUT2D eigenvalue weighted by atomic mass is 35.5. The van der Waals surface area contributed by atoms with E-state index in [-0.39, 0.29) is 5.91 Å². The monoisotopic (exact) mass is 294 g/mol. The van der Waals surface area contributed by atoms with Gasteiger partial charge in [0, 0.05) is 43.5 Å². The molecule has 20 heavy (non-hydrogen) atoms. The molecule has 0 saturated carbocycles. The zero-order valence-electron chi connectivity index (χ0n) is 12.3. The largest absolute Gasteiger partial charge is 0.370 e. The predicted molar refractivity (Wildman–Crippen MR) is 84.8 cm³/mol. The van der Waals surface area contributed by atoms with Gasteiger partial charge < -0.3 is 10.2 Å². The van der Waals surface area contributed by atoms with Crippen LogP contribution in [0.4, 0.5) is 5.69 Å². The summed E-state index contributed by atoms with van der Waals surface area (Å²) < 4.78 is 0. The summed E-state index contributed by atoms with van der Waals surface area (Å²) in [6.45, 7) is 6.92. The molecule has 0 bridgehead atoms. The lowest BCUT2D eigenvalue weighted by molar-refractivity contribution is -0.119. The Morgan fingerprint density at radius 3 is 2.80 bits per heavy atom. The number of halogens is 1. The second kappa shape index (κ2) is 6.98. The van der Waals surface area contributed by atoms with E-state index in [0.717, 1.165) is 26.1 Å². The molecule has 1 heterocycles. The molecule has 1 aromatic carbocycles. The van der Waals surface area contributed by atoms with Gasteiger partial charge in [0.15, 0.2) is 0 Å². The van der Waals surface area contributed by atoms with Crippen molar-refractivity contribution >= 4 is 23.2 Å². The van der Waals surface area contributed by atoms with Crippen LogP contribution < -0.4 is 10.2 Å². The van der Waals surface area contributed by atoms with E-state index in [1.54, 1.807) is 0 Å². The quantitative estimate of drug-likeness (QED) is 0.818. The van der Waals surface area contributed by atoms with Crippen LogP contribution in [0, 0.1) is 6.92 Å². The van der Waals surface area contributed by atoms with E-state index in [4.69, 9.17) is 11.6 Å². The summed E-state index contributed by atoms with van der Waals surface area (Å²) in [7, 11) is 0. The fraction of sp³-hybridized carbons (Fsp3) is 0.562. The highest BCUT2D eigenvalue weighted by Gasteiger charge is 2.24. The summed E-state index contributed by atoms with van der Waals surface area (Å²) in [6, 6.07) is 6.55. The summed E-state index contributed by atoms with van der Waals surface area (Å²) in [5, 5.41) is 2.92. The van der Waals surface area contributed by atoms with Crippen molar-refractivity contribution in [1.82, 2.24) is 5.32 Å². The average molecular weight is 295 g/mol. The minimum absolute atomic E-state index is 0.158. The maximum Gasteiger partial charge on any atom is 0.220 e. The predicted octanol–water partition coefficient (Wildman–Crippen LogP) is 3.05. The molecule has 110 valence electrons. The van der Waals surface area contributed by atoms with Gasteiger partial charge in [0.1, 0.15) is 0 Å². The zero-order chi connectivity index (χ0) is 14.5. The van der Waals surface area contributed by atoms with Gasteiger partial charge in [-0.2, -0.15) is 0 Å². The Morgan fingerprint density at radius 2 is 2.20 bits per heavy atom. The minimum atomic E-state index is 0.158. The topological polar surface area (TPSA) is 32.3 Å². The molecule has 1 aliphatic rings. The molecule has 1 aromatic rings. The number of amides is 1. The first-order chi connectivity index (χ1) is 9.65. The molecule has 1 aliphatic heterocycles. The maximum atomic E-state index is 11.4. The maximum absolute atomic E-state index is 11.4. The van der Waals surface area contributed by atoms with Gasteiger partial charge in [-0.15, -0.1) is 11.6 Å². The smallest absolute Gasteiger partial charge is 0.220 e. The van der Waals surface area contributed by atoms with Crippen molar-refractivity contribution < 1.29 is 4.79 Å². The van der Waals surface area contributed by atoms with Crippen LogP contribution in [0.1, 0.15) is 36.8 Å². The molecule has 2 rings (SSSR count). The van der Waals surface area contributed by atoms with Gasteiger partial charge >= 0.3 is 0 Å². The molecule has 0 radical (unpaired) electrons. The van der Waals surface area contributed by atoms with Gasteiger partial charge in [0.05, 0.1) is 0 Å². The van der Waals surface area contributed by atoms with Crippen molar-refractivity contribution in [2.24, 2.45) is 0 Å². The lowest BCUT2D eigenvalue weighted by Gasteiger charge is -2.25. The van der Waals surface area contributed by atoms with Crippen molar-refractivity contribution in [2.45, 2.75) is 32.6 Å². The summed E-state index contributed by atoms with van der Waals surface area (Å²) in [4.78, 5) is 13.7. The molecule has 0 spiro atoms. The molecule has 1 saturated heterocycles. The van der Waals surface area contributed by atoms with Gasteiger partial charge in [-0.25, -0.2) is 0 Å². The minimum Gasteiger partial charge on any atom is -0.370 e. The third kappa shape index (κ3) is 3.45. The van der Waals surface area contributed by atoms with E-state index in [2.05, 4.69) is 42.3 Å². The van der Waals surface area contributed by atoms with Crippen LogP contribution in [-0.2, 0) is 4.79 Å². The van der Waals surface area contributed by atoms with E-state index in [0.29, 0.717) is 18.2 Å². The molecular weight excluding hydrogens is 272 g/mol. The molecule has 1 atom stereocenters. The van der Waals surface area contributed by atoms with E-state index in [1.165, 1.54) is 16.8 Å². The number of nitrogens with one attached hydrogen (secondary N) is 1. The first-order valence-corrected chi connectivity index (χ1v) is 7.87. The lowest BCUT2D eigenvalue weighted by Crippen LogP contribution is -2.26. The van der Waals surface area contributed by atoms with E-state index in [1.807, 2.05) is 0 Å². The number of hydrogen-bond donors (Lipinski definition) is 1. The number of rotatable bonds is 6. The van der Waals surface area contributed by atoms with Crippen molar-refractivity contribution in [3.63, 3.8) is 0 Å². The number of carbonyl (C=O) groups is 1. The molecule has 3 nitrogen and oxygen atoms in total. The zero-order valence-corrected chi connectivity index (χ0v) is 13.0. The number of benzene rings is 1. The summed E-state index contributed by atoms with van der Waals surface area (Å²) >= 11 is 5.90. The third-order valence-corrected chi connectivity index (χ3v) is 4.06. The number of alkyl halides is 1. The first kappa shape index (κ1) is 15.2. The number of nitrogens with zero attached hydrogens (tertiary/aromatic N) is 1. The Balaban J connectivity index is 2.24. The van der Waals surface area contributed by atoms with Crippen LogP contribution in [0.5, 0.6) is 0 Å². The van der Waals surface area contributed by atoms with Gasteiger partial charge in [-0.3, -0.25) is 4.79 Å². The highest BCUT2D eigenvalue weighted by molar-refractivity contribution is 6.18. The van der Waals surface area contributed by atoms with Crippen LogP contribution in [0.25, 0.3) is 0 Å². The number of hydrogen-bond acceptors (Lipinski definition) is 2. The molecule has 4 heteroatoms. The Morgan fingerprint density at radius 1 is 1.40 bits per heavy atom. The number of aryl methyl sites for hydroxylation is 1. The number of anilines is 1. The molecule has 1 fully saturated rings. The van der Waals surface area contributed by atoms with Crippen LogP contribution in [0.2, 0.25) is 0 Å². The standard InChI is InChI=1S/C16H23ClN2O/c1-3-7-19(8-6-17)14-5-4-12(2)15(10-14)13-9-16(20)18-11-13/h4-5,10,13H,3,6-9,11H2,1-2H3,(H,18,20). The van der Waals surface area contributed by atoms with Crippen LogP contribution in [-0.4, -0.2) is 31.4 Å². The Hall–Kier alpha value is -1.22.